The molecule has 0 aliphatic carbocycles. The lowest BCUT2D eigenvalue weighted by atomic mass is 10.1. The van der Waals surface area contributed by atoms with Crippen molar-refractivity contribution in [1.29, 1.82) is 0 Å². The predicted molar refractivity (Wildman–Crippen MR) is 66.6 cm³/mol. The molecule has 0 heterocycles. The van der Waals surface area contributed by atoms with Crippen molar-refractivity contribution in [2.45, 2.75) is 6.42 Å². The molecular formula is C13H17NO4. The van der Waals surface area contributed by atoms with E-state index < -0.39 is 5.97 Å². The Balaban J connectivity index is 2.70. The van der Waals surface area contributed by atoms with Crippen LogP contribution in [0.1, 0.15) is 27.1 Å². The Hall–Kier alpha value is -1.88. The Kier molecular flexibility index (Phi) is 5.87. The number of carbonyl (C=O) groups excluding carboxylic acids is 2. The molecule has 18 heavy (non-hydrogen) atoms. The second-order valence-electron chi connectivity index (χ2n) is 3.64. The fourth-order valence-corrected chi connectivity index (χ4v) is 1.48. The molecule has 1 N–H and O–H groups in total. The third kappa shape index (κ3) is 3.85. The Morgan fingerprint density at radius 1 is 1.17 bits per heavy atom. The first kappa shape index (κ1) is 14.2. The molecular weight excluding hydrogens is 234 g/mol. The fraction of sp³-hybridized carbons (Fsp3) is 0.385. The van der Waals surface area contributed by atoms with Crippen molar-refractivity contribution in [3.05, 3.63) is 35.4 Å². The predicted octanol–water partition coefficient (Wildman–Crippen LogP) is 1.24. The van der Waals surface area contributed by atoms with Gasteiger partial charge in [-0.2, -0.15) is 0 Å². The van der Waals surface area contributed by atoms with E-state index >= 15 is 0 Å². The number of benzene rings is 1. The maximum Gasteiger partial charge on any atom is 0.338 e. The summed E-state index contributed by atoms with van der Waals surface area (Å²) in [6, 6.07) is 6.55. The summed E-state index contributed by atoms with van der Waals surface area (Å²) in [5.74, 6) is -0.801. The number of nitrogens with one attached hydrogen (secondary N) is 1. The third-order valence-electron chi connectivity index (χ3n) is 2.39. The summed E-state index contributed by atoms with van der Waals surface area (Å²) < 4.78 is 9.51. The van der Waals surface area contributed by atoms with Crippen molar-refractivity contribution in [3.63, 3.8) is 0 Å². The van der Waals surface area contributed by atoms with Crippen molar-refractivity contribution >= 4 is 11.9 Å². The molecule has 5 heteroatoms. The van der Waals surface area contributed by atoms with Gasteiger partial charge in [-0.3, -0.25) is 4.79 Å². The Bertz CT molecular complexity index is 417. The number of rotatable bonds is 6. The number of ether oxygens (including phenoxy) is 2. The number of hydrogen-bond acceptors (Lipinski definition) is 4. The number of hydrogen-bond donors (Lipinski definition) is 1. The van der Waals surface area contributed by atoms with E-state index in [9.17, 15) is 9.59 Å². The Morgan fingerprint density at radius 3 is 2.44 bits per heavy atom. The SMILES string of the molecule is COCCCNC(=O)c1ccccc1C(=O)OC. The molecule has 1 amide bonds. The van der Waals surface area contributed by atoms with Crippen molar-refractivity contribution in [3.8, 4) is 0 Å². The maximum absolute atomic E-state index is 11.9. The zero-order chi connectivity index (χ0) is 13.4. The molecule has 1 aromatic rings. The fourth-order valence-electron chi connectivity index (χ4n) is 1.48. The van der Waals surface area contributed by atoms with Gasteiger partial charge >= 0.3 is 5.97 Å². The van der Waals surface area contributed by atoms with Gasteiger partial charge in [0, 0.05) is 20.3 Å². The number of methoxy groups -OCH3 is 2. The van der Waals surface area contributed by atoms with Crippen LogP contribution in [0.4, 0.5) is 0 Å². The normalized spacial score (nSPS) is 9.89. The van der Waals surface area contributed by atoms with Crippen LogP contribution in [-0.2, 0) is 9.47 Å². The summed E-state index contributed by atoms with van der Waals surface area (Å²) in [7, 11) is 2.89. The van der Waals surface area contributed by atoms with Crippen LogP contribution in [-0.4, -0.2) is 39.2 Å². The summed E-state index contributed by atoms with van der Waals surface area (Å²) in [6.07, 6.45) is 0.725. The monoisotopic (exact) mass is 251 g/mol. The molecule has 0 bridgehead atoms. The summed E-state index contributed by atoms with van der Waals surface area (Å²) in [6.45, 7) is 1.08. The van der Waals surface area contributed by atoms with Gasteiger partial charge in [-0.1, -0.05) is 12.1 Å². The molecule has 0 aromatic heterocycles. The summed E-state index contributed by atoms with van der Waals surface area (Å²) in [5, 5.41) is 2.73. The number of esters is 1. The van der Waals surface area contributed by atoms with Crippen LogP contribution in [0, 0.1) is 0 Å². The first-order chi connectivity index (χ1) is 8.70. The minimum atomic E-state index is -0.516. The van der Waals surface area contributed by atoms with Crippen LogP contribution in [0.15, 0.2) is 24.3 Å². The molecule has 0 aliphatic rings. The molecule has 0 unspecified atom stereocenters. The van der Waals surface area contributed by atoms with Gasteiger partial charge in [0.05, 0.1) is 18.2 Å². The van der Waals surface area contributed by atoms with Gasteiger partial charge in [-0.15, -0.1) is 0 Å². The Morgan fingerprint density at radius 2 is 1.83 bits per heavy atom. The average molecular weight is 251 g/mol. The summed E-state index contributed by atoms with van der Waals surface area (Å²) >= 11 is 0. The minimum absolute atomic E-state index is 0.268. The minimum Gasteiger partial charge on any atom is -0.465 e. The van der Waals surface area contributed by atoms with E-state index in [1.165, 1.54) is 7.11 Å². The zero-order valence-corrected chi connectivity index (χ0v) is 10.6. The van der Waals surface area contributed by atoms with Gasteiger partial charge in [-0.05, 0) is 18.6 Å². The summed E-state index contributed by atoms with van der Waals surface area (Å²) in [5.41, 5.74) is 0.589. The quantitative estimate of drug-likeness (QED) is 0.610. The lowest BCUT2D eigenvalue weighted by molar-refractivity contribution is 0.0596. The molecule has 5 nitrogen and oxygen atoms in total. The van der Waals surface area contributed by atoms with Crippen LogP contribution in [0.25, 0.3) is 0 Å². The molecule has 0 atom stereocenters. The van der Waals surface area contributed by atoms with Crippen LogP contribution >= 0.6 is 0 Å². The number of amides is 1. The third-order valence-corrected chi connectivity index (χ3v) is 2.39. The molecule has 1 aromatic carbocycles. The van der Waals surface area contributed by atoms with Crippen molar-refractivity contribution in [2.75, 3.05) is 27.4 Å². The highest BCUT2D eigenvalue weighted by Gasteiger charge is 2.16. The molecule has 1 rings (SSSR count). The lowest BCUT2D eigenvalue weighted by Crippen LogP contribution is -2.27. The van der Waals surface area contributed by atoms with E-state index in [0.29, 0.717) is 18.7 Å². The van der Waals surface area contributed by atoms with E-state index in [2.05, 4.69) is 10.1 Å². The second kappa shape index (κ2) is 7.45. The van der Waals surface area contributed by atoms with Crippen LogP contribution in [0.2, 0.25) is 0 Å². The van der Waals surface area contributed by atoms with Gasteiger partial charge in [0.1, 0.15) is 0 Å². The van der Waals surface area contributed by atoms with Gasteiger partial charge < -0.3 is 14.8 Å². The molecule has 0 saturated heterocycles. The van der Waals surface area contributed by atoms with Crippen molar-refractivity contribution in [2.24, 2.45) is 0 Å². The topological polar surface area (TPSA) is 64.6 Å². The van der Waals surface area contributed by atoms with E-state index in [0.717, 1.165) is 6.42 Å². The maximum atomic E-state index is 11.9. The smallest absolute Gasteiger partial charge is 0.338 e. The van der Waals surface area contributed by atoms with Crippen molar-refractivity contribution in [1.82, 2.24) is 5.32 Å². The van der Waals surface area contributed by atoms with Crippen molar-refractivity contribution < 1.29 is 19.1 Å². The molecule has 98 valence electrons. The van der Waals surface area contributed by atoms with E-state index in [1.807, 2.05) is 0 Å². The molecule has 0 aliphatic heterocycles. The highest BCUT2D eigenvalue weighted by molar-refractivity contribution is 6.05. The number of carbonyl (C=O) groups is 2. The largest absolute Gasteiger partial charge is 0.465 e. The van der Waals surface area contributed by atoms with E-state index in [1.54, 1.807) is 31.4 Å². The molecule has 0 spiro atoms. The van der Waals surface area contributed by atoms with Gasteiger partial charge in [0.25, 0.3) is 5.91 Å². The zero-order valence-electron chi connectivity index (χ0n) is 10.6. The first-order valence-corrected chi connectivity index (χ1v) is 5.65. The highest BCUT2D eigenvalue weighted by atomic mass is 16.5. The van der Waals surface area contributed by atoms with E-state index in [4.69, 9.17) is 4.74 Å². The van der Waals surface area contributed by atoms with Crippen LogP contribution < -0.4 is 5.32 Å². The van der Waals surface area contributed by atoms with E-state index in [-0.39, 0.29) is 11.5 Å². The molecule has 0 radical (unpaired) electrons. The van der Waals surface area contributed by atoms with Gasteiger partial charge in [0.15, 0.2) is 0 Å². The molecule has 0 fully saturated rings. The lowest BCUT2D eigenvalue weighted by Gasteiger charge is -2.08. The average Bonchev–Trinajstić information content (AvgIpc) is 2.42. The standard InChI is InChI=1S/C13H17NO4/c1-17-9-5-8-14-12(15)10-6-3-4-7-11(10)13(16)18-2/h3-4,6-7H,5,8-9H2,1-2H3,(H,14,15). The first-order valence-electron chi connectivity index (χ1n) is 5.65. The van der Waals surface area contributed by atoms with Gasteiger partial charge in [0.2, 0.25) is 0 Å². The second-order valence-corrected chi connectivity index (χ2v) is 3.64. The van der Waals surface area contributed by atoms with Crippen LogP contribution in [0.5, 0.6) is 0 Å². The van der Waals surface area contributed by atoms with Gasteiger partial charge in [-0.25, -0.2) is 4.79 Å². The Labute approximate surface area is 106 Å². The summed E-state index contributed by atoms with van der Waals surface area (Å²) in [4.78, 5) is 23.4. The highest BCUT2D eigenvalue weighted by Crippen LogP contribution is 2.09. The van der Waals surface area contributed by atoms with Crippen LogP contribution in [0.3, 0.4) is 0 Å². The molecule has 0 saturated carbocycles.